The van der Waals surface area contributed by atoms with Gasteiger partial charge in [0.25, 0.3) is 0 Å². The van der Waals surface area contributed by atoms with Gasteiger partial charge in [-0.3, -0.25) is 0 Å². The van der Waals surface area contributed by atoms with Gasteiger partial charge in [-0.05, 0) is 32.6 Å². The number of aliphatic hydroxyl groups is 2. The van der Waals surface area contributed by atoms with E-state index in [9.17, 15) is 0 Å². The van der Waals surface area contributed by atoms with E-state index in [0.29, 0.717) is 12.2 Å². The van der Waals surface area contributed by atoms with Gasteiger partial charge >= 0.3 is 0 Å². The molecule has 1 rings (SSSR count). The highest BCUT2D eigenvalue weighted by atomic mass is 16.5. The quantitative estimate of drug-likeness (QED) is 0.703. The van der Waals surface area contributed by atoms with E-state index >= 15 is 0 Å². The van der Waals surface area contributed by atoms with Crippen molar-refractivity contribution in [2.75, 3.05) is 13.2 Å². The highest BCUT2D eigenvalue weighted by molar-refractivity contribution is 4.70. The topological polar surface area (TPSA) is 49.7 Å². The Bertz CT molecular complexity index is 97.6. The maximum Gasteiger partial charge on any atom is 0.0662 e. The lowest BCUT2D eigenvalue weighted by atomic mass is 9.96. The van der Waals surface area contributed by atoms with E-state index in [-0.39, 0.29) is 13.2 Å². The largest absolute Gasteiger partial charge is 0.394 e. The highest BCUT2D eigenvalue weighted by Crippen LogP contribution is 2.23. The molecule has 13 heavy (non-hydrogen) atoms. The lowest BCUT2D eigenvalue weighted by Gasteiger charge is -2.28. The van der Waals surface area contributed by atoms with Crippen molar-refractivity contribution in [1.82, 2.24) is 0 Å². The SMILES string of the molecule is CCC(C)OC1CCC1.OCCO. The fourth-order valence-electron chi connectivity index (χ4n) is 0.932. The predicted molar refractivity (Wildman–Crippen MR) is 52.6 cm³/mol. The molecular weight excluding hydrogens is 168 g/mol. The molecule has 0 saturated heterocycles. The van der Waals surface area contributed by atoms with Gasteiger partial charge in [-0.15, -0.1) is 0 Å². The summed E-state index contributed by atoms with van der Waals surface area (Å²) in [4.78, 5) is 0. The van der Waals surface area contributed by atoms with Crippen LogP contribution in [0.25, 0.3) is 0 Å². The van der Waals surface area contributed by atoms with Crippen molar-refractivity contribution in [1.29, 1.82) is 0 Å². The molecule has 1 atom stereocenters. The molecule has 0 bridgehead atoms. The number of aliphatic hydroxyl groups excluding tert-OH is 2. The van der Waals surface area contributed by atoms with Crippen molar-refractivity contribution < 1.29 is 14.9 Å². The molecule has 80 valence electrons. The lowest BCUT2D eigenvalue weighted by Crippen LogP contribution is -2.25. The molecule has 0 amide bonds. The maximum atomic E-state index is 7.62. The van der Waals surface area contributed by atoms with Gasteiger partial charge in [0.05, 0.1) is 25.4 Å². The summed E-state index contributed by atoms with van der Waals surface area (Å²) < 4.78 is 5.64. The summed E-state index contributed by atoms with van der Waals surface area (Å²) >= 11 is 0. The fraction of sp³-hybridized carbons (Fsp3) is 1.00. The van der Waals surface area contributed by atoms with Gasteiger partial charge in [0, 0.05) is 0 Å². The second-order valence-electron chi connectivity index (χ2n) is 3.36. The third kappa shape index (κ3) is 6.99. The summed E-state index contributed by atoms with van der Waals surface area (Å²) in [7, 11) is 0. The zero-order chi connectivity index (χ0) is 10.1. The van der Waals surface area contributed by atoms with Gasteiger partial charge in [0.1, 0.15) is 0 Å². The molecular formula is C10H22O3. The Kier molecular flexibility index (Phi) is 8.40. The summed E-state index contributed by atoms with van der Waals surface area (Å²) in [6, 6.07) is 0. The minimum Gasteiger partial charge on any atom is -0.394 e. The summed E-state index contributed by atoms with van der Waals surface area (Å²) in [5.41, 5.74) is 0. The summed E-state index contributed by atoms with van der Waals surface area (Å²) in [5, 5.41) is 15.2. The minimum absolute atomic E-state index is 0.125. The normalized spacial score (nSPS) is 18.5. The maximum absolute atomic E-state index is 7.62. The van der Waals surface area contributed by atoms with Crippen LogP contribution in [0, 0.1) is 0 Å². The first-order valence-electron chi connectivity index (χ1n) is 5.11. The van der Waals surface area contributed by atoms with Crippen LogP contribution >= 0.6 is 0 Å². The zero-order valence-electron chi connectivity index (χ0n) is 8.70. The molecule has 0 radical (unpaired) electrons. The van der Waals surface area contributed by atoms with Crippen LogP contribution in [-0.4, -0.2) is 35.6 Å². The van der Waals surface area contributed by atoms with Crippen LogP contribution in [0.15, 0.2) is 0 Å². The van der Waals surface area contributed by atoms with Crippen LogP contribution in [0.3, 0.4) is 0 Å². The average Bonchev–Trinajstić information content (AvgIpc) is 2.11. The zero-order valence-corrected chi connectivity index (χ0v) is 8.70. The Morgan fingerprint density at radius 3 is 2.08 bits per heavy atom. The minimum atomic E-state index is -0.125. The fourth-order valence-corrected chi connectivity index (χ4v) is 0.932. The van der Waals surface area contributed by atoms with Crippen LogP contribution in [0.5, 0.6) is 0 Å². The van der Waals surface area contributed by atoms with Gasteiger partial charge < -0.3 is 14.9 Å². The second kappa shape index (κ2) is 8.48. The van der Waals surface area contributed by atoms with Crippen molar-refractivity contribution >= 4 is 0 Å². The van der Waals surface area contributed by atoms with Crippen molar-refractivity contribution in [2.45, 2.75) is 51.7 Å². The van der Waals surface area contributed by atoms with Gasteiger partial charge in [-0.1, -0.05) is 6.92 Å². The monoisotopic (exact) mass is 190 g/mol. The highest BCUT2D eigenvalue weighted by Gasteiger charge is 2.19. The number of rotatable bonds is 4. The third-order valence-electron chi connectivity index (χ3n) is 2.15. The molecule has 0 aliphatic heterocycles. The van der Waals surface area contributed by atoms with Crippen molar-refractivity contribution in [3.05, 3.63) is 0 Å². The number of ether oxygens (including phenoxy) is 1. The Morgan fingerprint density at radius 1 is 1.31 bits per heavy atom. The molecule has 3 heteroatoms. The molecule has 1 aliphatic carbocycles. The van der Waals surface area contributed by atoms with Crippen LogP contribution in [0.4, 0.5) is 0 Å². The standard InChI is InChI=1S/C8H16O.C2H6O2/c1-3-7(2)9-8-5-4-6-8;3-1-2-4/h7-8H,3-6H2,1-2H3;3-4H,1-2H2. The molecule has 1 saturated carbocycles. The molecule has 1 aliphatic rings. The lowest BCUT2D eigenvalue weighted by molar-refractivity contribution is -0.0439. The second-order valence-corrected chi connectivity index (χ2v) is 3.36. The van der Waals surface area contributed by atoms with Crippen molar-refractivity contribution in [3.8, 4) is 0 Å². The van der Waals surface area contributed by atoms with Crippen LogP contribution in [-0.2, 0) is 4.74 Å². The van der Waals surface area contributed by atoms with E-state index in [2.05, 4.69) is 13.8 Å². The first-order valence-corrected chi connectivity index (χ1v) is 5.11. The molecule has 0 aromatic carbocycles. The number of hydrogen-bond acceptors (Lipinski definition) is 3. The van der Waals surface area contributed by atoms with E-state index in [1.165, 1.54) is 19.3 Å². The van der Waals surface area contributed by atoms with Crippen LogP contribution < -0.4 is 0 Å². The number of hydrogen-bond donors (Lipinski definition) is 2. The molecule has 1 fully saturated rings. The summed E-state index contributed by atoms with van der Waals surface area (Å²) in [6.07, 6.45) is 6.21. The van der Waals surface area contributed by atoms with Gasteiger partial charge in [0.2, 0.25) is 0 Å². The Balaban J connectivity index is 0.000000310. The molecule has 3 nitrogen and oxygen atoms in total. The van der Waals surface area contributed by atoms with E-state index in [4.69, 9.17) is 14.9 Å². The summed E-state index contributed by atoms with van der Waals surface area (Å²) in [5.74, 6) is 0. The molecule has 2 N–H and O–H groups in total. The first kappa shape index (κ1) is 12.9. The molecule has 1 unspecified atom stereocenters. The molecule has 0 heterocycles. The first-order chi connectivity index (χ1) is 6.24. The van der Waals surface area contributed by atoms with Gasteiger partial charge in [-0.25, -0.2) is 0 Å². The average molecular weight is 190 g/mol. The van der Waals surface area contributed by atoms with Gasteiger partial charge in [-0.2, -0.15) is 0 Å². The van der Waals surface area contributed by atoms with Gasteiger partial charge in [0.15, 0.2) is 0 Å². The molecule has 0 aromatic rings. The Hall–Kier alpha value is -0.120. The van der Waals surface area contributed by atoms with Crippen LogP contribution in [0.2, 0.25) is 0 Å². The summed E-state index contributed by atoms with van der Waals surface area (Å²) in [6.45, 7) is 4.07. The predicted octanol–water partition coefficient (Wildman–Crippen LogP) is 1.32. The Morgan fingerprint density at radius 2 is 1.85 bits per heavy atom. The third-order valence-corrected chi connectivity index (χ3v) is 2.15. The van der Waals surface area contributed by atoms with E-state index in [0.717, 1.165) is 6.42 Å². The molecule has 0 aromatic heterocycles. The van der Waals surface area contributed by atoms with Crippen molar-refractivity contribution in [3.63, 3.8) is 0 Å². The van der Waals surface area contributed by atoms with E-state index in [1.807, 2.05) is 0 Å². The van der Waals surface area contributed by atoms with Crippen molar-refractivity contribution in [2.24, 2.45) is 0 Å². The van der Waals surface area contributed by atoms with E-state index < -0.39 is 0 Å². The Labute approximate surface area is 80.7 Å². The van der Waals surface area contributed by atoms with Crippen LogP contribution in [0.1, 0.15) is 39.5 Å². The smallest absolute Gasteiger partial charge is 0.0662 e. The van der Waals surface area contributed by atoms with E-state index in [1.54, 1.807) is 0 Å². The molecule has 0 spiro atoms.